The van der Waals surface area contributed by atoms with E-state index in [4.69, 9.17) is 4.42 Å². The van der Waals surface area contributed by atoms with Gasteiger partial charge in [0, 0.05) is 11.6 Å². The van der Waals surface area contributed by atoms with Gasteiger partial charge in [-0.15, -0.1) is 0 Å². The van der Waals surface area contributed by atoms with Crippen molar-refractivity contribution in [1.29, 1.82) is 0 Å². The van der Waals surface area contributed by atoms with Crippen molar-refractivity contribution < 1.29 is 4.42 Å². The van der Waals surface area contributed by atoms with Gasteiger partial charge in [-0.3, -0.25) is 0 Å². The lowest BCUT2D eigenvalue weighted by Gasteiger charge is -2.21. The first-order valence-electron chi connectivity index (χ1n) is 6.15. The Morgan fingerprint density at radius 3 is 2.69 bits per heavy atom. The molecule has 0 saturated carbocycles. The average Bonchev–Trinajstić information content (AvgIpc) is 2.64. The first kappa shape index (κ1) is 13.8. The minimum absolute atomic E-state index is 0.402. The van der Waals surface area contributed by atoms with Crippen LogP contribution in [0.1, 0.15) is 51.6 Å². The molecule has 16 heavy (non-hydrogen) atoms. The second kappa shape index (κ2) is 7.13. The molecule has 0 bridgehead atoms. The Balaban J connectivity index is 2.64. The molecule has 1 N–H and O–H groups in total. The molecule has 0 saturated heterocycles. The van der Waals surface area contributed by atoms with Crippen molar-refractivity contribution in [1.82, 2.24) is 5.32 Å². The second-order valence-corrected chi connectivity index (χ2v) is 5.11. The summed E-state index contributed by atoms with van der Waals surface area (Å²) >= 11 is 3.46. The van der Waals surface area contributed by atoms with Gasteiger partial charge in [-0.25, -0.2) is 0 Å². The zero-order chi connectivity index (χ0) is 12.0. The van der Waals surface area contributed by atoms with Gasteiger partial charge in [0.1, 0.15) is 0 Å². The van der Waals surface area contributed by atoms with Crippen LogP contribution in [0.25, 0.3) is 0 Å². The van der Waals surface area contributed by atoms with E-state index < -0.39 is 0 Å². The molecule has 0 radical (unpaired) electrons. The van der Waals surface area contributed by atoms with E-state index in [-0.39, 0.29) is 0 Å². The lowest BCUT2D eigenvalue weighted by atomic mass is 9.94. The van der Waals surface area contributed by atoms with Gasteiger partial charge < -0.3 is 9.73 Å². The van der Waals surface area contributed by atoms with E-state index in [1.165, 1.54) is 24.8 Å². The molecule has 0 aliphatic rings. The number of halogens is 1. The molecule has 1 heterocycles. The topological polar surface area (TPSA) is 25.2 Å². The summed E-state index contributed by atoms with van der Waals surface area (Å²) in [7, 11) is 0. The van der Waals surface area contributed by atoms with Crippen molar-refractivity contribution in [3.05, 3.63) is 22.6 Å². The molecule has 0 amide bonds. The molecule has 2 nitrogen and oxygen atoms in total. The van der Waals surface area contributed by atoms with Gasteiger partial charge in [0.05, 0.1) is 6.26 Å². The number of rotatable bonds is 7. The molecule has 0 aliphatic carbocycles. The van der Waals surface area contributed by atoms with Crippen molar-refractivity contribution in [2.75, 3.05) is 6.54 Å². The minimum Gasteiger partial charge on any atom is -0.457 e. The predicted octanol–water partition coefficient (Wildman–Crippen LogP) is 4.52. The van der Waals surface area contributed by atoms with Gasteiger partial charge in [-0.05, 0) is 40.9 Å². The lowest BCUT2D eigenvalue weighted by molar-refractivity contribution is 0.390. The third-order valence-electron chi connectivity index (χ3n) is 2.89. The number of furan rings is 1. The van der Waals surface area contributed by atoms with Crippen molar-refractivity contribution in [2.45, 2.75) is 46.1 Å². The molecule has 0 spiro atoms. The van der Waals surface area contributed by atoms with Crippen LogP contribution in [0.2, 0.25) is 0 Å². The largest absolute Gasteiger partial charge is 0.457 e. The summed E-state index contributed by atoms with van der Waals surface area (Å²) in [5, 5.41) is 3.53. The Morgan fingerprint density at radius 2 is 2.19 bits per heavy atom. The quantitative estimate of drug-likeness (QED) is 0.798. The van der Waals surface area contributed by atoms with Crippen LogP contribution in [0.15, 0.2) is 21.4 Å². The SMILES string of the molecule is CCCC(C)CC(NCC)c1ccoc1Br. The second-order valence-electron chi connectivity index (χ2n) is 4.39. The maximum Gasteiger partial charge on any atom is 0.173 e. The van der Waals surface area contributed by atoms with Crippen molar-refractivity contribution in [2.24, 2.45) is 5.92 Å². The summed E-state index contributed by atoms with van der Waals surface area (Å²) in [6.07, 6.45) is 5.46. The standard InChI is InChI=1S/C13H22BrNO/c1-4-6-10(3)9-12(15-5-2)11-7-8-16-13(11)14/h7-8,10,12,15H,4-6,9H2,1-3H3. The fourth-order valence-corrected chi connectivity index (χ4v) is 2.65. The zero-order valence-electron chi connectivity index (χ0n) is 10.4. The first-order valence-corrected chi connectivity index (χ1v) is 6.94. The Morgan fingerprint density at radius 1 is 1.44 bits per heavy atom. The summed E-state index contributed by atoms with van der Waals surface area (Å²) in [5.41, 5.74) is 1.24. The lowest BCUT2D eigenvalue weighted by Crippen LogP contribution is -2.22. The highest BCUT2D eigenvalue weighted by Crippen LogP contribution is 2.30. The number of nitrogens with one attached hydrogen (secondary N) is 1. The van der Waals surface area contributed by atoms with Crippen molar-refractivity contribution >= 4 is 15.9 Å². The molecule has 92 valence electrons. The Hall–Kier alpha value is -0.280. The highest BCUT2D eigenvalue weighted by atomic mass is 79.9. The van der Waals surface area contributed by atoms with Gasteiger partial charge >= 0.3 is 0 Å². The van der Waals surface area contributed by atoms with E-state index in [9.17, 15) is 0 Å². The molecule has 2 unspecified atom stereocenters. The van der Waals surface area contributed by atoms with Crippen molar-refractivity contribution in [3.8, 4) is 0 Å². The van der Waals surface area contributed by atoms with E-state index >= 15 is 0 Å². The van der Waals surface area contributed by atoms with Crippen LogP contribution in [0.3, 0.4) is 0 Å². The van der Waals surface area contributed by atoms with Gasteiger partial charge in [0.15, 0.2) is 4.67 Å². The highest BCUT2D eigenvalue weighted by molar-refractivity contribution is 9.10. The van der Waals surface area contributed by atoms with Crippen LogP contribution >= 0.6 is 15.9 Å². The summed E-state index contributed by atoms with van der Waals surface area (Å²) in [5.74, 6) is 0.746. The maximum absolute atomic E-state index is 5.31. The Kier molecular flexibility index (Phi) is 6.14. The van der Waals surface area contributed by atoms with E-state index in [1.807, 2.05) is 0 Å². The maximum atomic E-state index is 5.31. The molecule has 0 fully saturated rings. The average molecular weight is 288 g/mol. The number of hydrogen-bond donors (Lipinski definition) is 1. The molecule has 3 heteroatoms. The summed E-state index contributed by atoms with van der Waals surface area (Å²) in [4.78, 5) is 0. The van der Waals surface area contributed by atoms with E-state index in [2.05, 4.69) is 48.1 Å². The molecule has 2 atom stereocenters. The van der Waals surface area contributed by atoms with Crippen LogP contribution in [0.4, 0.5) is 0 Å². The molecule has 0 aliphatic heterocycles. The van der Waals surface area contributed by atoms with Crippen LogP contribution < -0.4 is 5.32 Å². The summed E-state index contributed by atoms with van der Waals surface area (Å²) < 4.78 is 6.17. The molecule has 1 aromatic rings. The smallest absolute Gasteiger partial charge is 0.173 e. The Labute approximate surface area is 107 Å². The normalized spacial score (nSPS) is 15.0. The molecule has 1 aromatic heterocycles. The summed E-state index contributed by atoms with van der Waals surface area (Å²) in [6, 6.07) is 2.45. The molecule has 0 aromatic carbocycles. The van der Waals surface area contributed by atoms with Crippen LogP contribution in [-0.4, -0.2) is 6.54 Å². The first-order chi connectivity index (χ1) is 7.69. The fraction of sp³-hybridized carbons (Fsp3) is 0.692. The zero-order valence-corrected chi connectivity index (χ0v) is 12.0. The van der Waals surface area contributed by atoms with Crippen LogP contribution in [-0.2, 0) is 0 Å². The minimum atomic E-state index is 0.402. The van der Waals surface area contributed by atoms with E-state index in [0.29, 0.717) is 6.04 Å². The van der Waals surface area contributed by atoms with E-state index in [1.54, 1.807) is 6.26 Å². The van der Waals surface area contributed by atoms with Crippen LogP contribution in [0.5, 0.6) is 0 Å². The van der Waals surface area contributed by atoms with Gasteiger partial charge in [0.2, 0.25) is 0 Å². The molecule has 1 rings (SSSR count). The predicted molar refractivity (Wildman–Crippen MR) is 71.5 cm³/mol. The van der Waals surface area contributed by atoms with Crippen molar-refractivity contribution in [3.63, 3.8) is 0 Å². The fourth-order valence-electron chi connectivity index (χ4n) is 2.13. The third-order valence-corrected chi connectivity index (χ3v) is 3.54. The third kappa shape index (κ3) is 3.95. The highest BCUT2D eigenvalue weighted by Gasteiger charge is 2.18. The summed E-state index contributed by atoms with van der Waals surface area (Å²) in [6.45, 7) is 7.70. The Bertz CT molecular complexity index is 298. The molecular formula is C13H22BrNO. The van der Waals surface area contributed by atoms with E-state index in [0.717, 1.165) is 17.1 Å². The number of hydrogen-bond acceptors (Lipinski definition) is 2. The van der Waals surface area contributed by atoms with Gasteiger partial charge in [0.25, 0.3) is 0 Å². The van der Waals surface area contributed by atoms with Gasteiger partial charge in [-0.2, -0.15) is 0 Å². The molecular weight excluding hydrogens is 266 g/mol. The van der Waals surface area contributed by atoms with Crippen LogP contribution in [0, 0.1) is 5.92 Å². The monoisotopic (exact) mass is 287 g/mol. The van der Waals surface area contributed by atoms with Gasteiger partial charge in [-0.1, -0.05) is 33.6 Å².